The van der Waals surface area contributed by atoms with E-state index in [4.69, 9.17) is 4.74 Å². The van der Waals surface area contributed by atoms with Crippen molar-refractivity contribution in [1.82, 2.24) is 25.9 Å². The lowest BCUT2D eigenvalue weighted by atomic mass is 10.2. The zero-order chi connectivity index (χ0) is 12.1. The van der Waals surface area contributed by atoms with Gasteiger partial charge < -0.3 is 10.1 Å². The van der Waals surface area contributed by atoms with Crippen molar-refractivity contribution in [1.29, 1.82) is 0 Å². The Morgan fingerprint density at radius 1 is 1.53 bits per heavy atom. The molecule has 1 aromatic carbocycles. The molecule has 0 saturated carbocycles. The number of ether oxygens (including phenoxy) is 1. The van der Waals surface area contributed by atoms with E-state index in [0.29, 0.717) is 6.54 Å². The molecule has 0 spiro atoms. The summed E-state index contributed by atoms with van der Waals surface area (Å²) in [5.74, 6) is 0.394. The van der Waals surface area contributed by atoms with Gasteiger partial charge in [0.05, 0.1) is 7.11 Å². The number of hydrogen-bond donors (Lipinski definition) is 2. The van der Waals surface area contributed by atoms with Crippen molar-refractivity contribution in [3.63, 3.8) is 0 Å². The number of benzene rings is 1. The minimum atomic E-state index is -0.374. The maximum Gasteiger partial charge on any atom is 0.293 e. The highest BCUT2D eigenvalue weighted by Crippen LogP contribution is 2.12. The Labute approximate surface area is 97.2 Å². The van der Waals surface area contributed by atoms with Gasteiger partial charge in [-0.1, -0.05) is 12.1 Å². The lowest BCUT2D eigenvalue weighted by Gasteiger charge is -2.04. The molecule has 88 valence electrons. The predicted molar refractivity (Wildman–Crippen MR) is 58.3 cm³/mol. The van der Waals surface area contributed by atoms with Crippen LogP contribution in [0.4, 0.5) is 0 Å². The maximum atomic E-state index is 11.5. The number of rotatable bonds is 4. The van der Waals surface area contributed by atoms with Gasteiger partial charge in [0.2, 0.25) is 0 Å². The summed E-state index contributed by atoms with van der Waals surface area (Å²) in [6.45, 7) is 0.380. The molecule has 0 aliphatic rings. The molecule has 1 amide bonds. The Hall–Kier alpha value is -2.44. The molecular weight excluding hydrogens is 222 g/mol. The summed E-state index contributed by atoms with van der Waals surface area (Å²) in [6, 6.07) is 7.43. The zero-order valence-corrected chi connectivity index (χ0v) is 9.17. The Bertz CT molecular complexity index is 497. The van der Waals surface area contributed by atoms with Crippen LogP contribution in [-0.2, 0) is 6.54 Å². The standard InChI is InChI=1S/C10H11N5O2/c1-17-8-4-2-3-7(5-8)6-11-10(16)9-12-14-15-13-9/h2-5H,6H2,1H3,(H,11,16)(H,12,13,14,15). The van der Waals surface area contributed by atoms with E-state index in [1.165, 1.54) is 0 Å². The summed E-state index contributed by atoms with van der Waals surface area (Å²) in [5.41, 5.74) is 0.932. The van der Waals surface area contributed by atoms with E-state index in [1.54, 1.807) is 7.11 Å². The number of hydrogen-bond acceptors (Lipinski definition) is 5. The van der Waals surface area contributed by atoms with E-state index in [9.17, 15) is 4.79 Å². The number of amides is 1. The molecular formula is C10H11N5O2. The van der Waals surface area contributed by atoms with Gasteiger partial charge in [0.1, 0.15) is 5.75 Å². The summed E-state index contributed by atoms with van der Waals surface area (Å²) >= 11 is 0. The summed E-state index contributed by atoms with van der Waals surface area (Å²) in [6.07, 6.45) is 0. The molecule has 7 nitrogen and oxygen atoms in total. The third-order valence-corrected chi connectivity index (χ3v) is 2.14. The van der Waals surface area contributed by atoms with Gasteiger partial charge in [0.25, 0.3) is 11.7 Å². The number of nitrogens with zero attached hydrogens (tertiary/aromatic N) is 3. The maximum absolute atomic E-state index is 11.5. The molecule has 1 aromatic heterocycles. The molecule has 2 rings (SSSR count). The van der Waals surface area contributed by atoms with E-state index in [0.717, 1.165) is 11.3 Å². The zero-order valence-electron chi connectivity index (χ0n) is 9.17. The Kier molecular flexibility index (Phi) is 3.29. The third-order valence-electron chi connectivity index (χ3n) is 2.14. The van der Waals surface area contributed by atoms with Crippen LogP contribution in [0.3, 0.4) is 0 Å². The number of carbonyl (C=O) groups is 1. The number of tetrazole rings is 1. The average molecular weight is 233 g/mol. The quantitative estimate of drug-likeness (QED) is 0.783. The number of nitrogens with one attached hydrogen (secondary N) is 2. The van der Waals surface area contributed by atoms with Gasteiger partial charge in [-0.05, 0) is 22.9 Å². The van der Waals surface area contributed by atoms with Crippen molar-refractivity contribution in [3.05, 3.63) is 35.7 Å². The normalized spacial score (nSPS) is 9.94. The van der Waals surface area contributed by atoms with Crippen LogP contribution in [0.5, 0.6) is 5.75 Å². The molecule has 0 atom stereocenters. The van der Waals surface area contributed by atoms with Crippen molar-refractivity contribution in [2.45, 2.75) is 6.54 Å². The van der Waals surface area contributed by atoms with E-state index in [1.807, 2.05) is 24.3 Å². The minimum Gasteiger partial charge on any atom is -0.497 e. The Morgan fingerprint density at radius 3 is 3.12 bits per heavy atom. The van der Waals surface area contributed by atoms with Crippen LogP contribution in [0.1, 0.15) is 16.2 Å². The van der Waals surface area contributed by atoms with Gasteiger partial charge in [0.15, 0.2) is 0 Å². The van der Waals surface area contributed by atoms with Gasteiger partial charge in [-0.2, -0.15) is 5.21 Å². The number of methoxy groups -OCH3 is 1. The van der Waals surface area contributed by atoms with Gasteiger partial charge in [-0.3, -0.25) is 4.79 Å². The molecule has 0 aliphatic carbocycles. The lowest BCUT2D eigenvalue weighted by Crippen LogP contribution is -2.24. The fraction of sp³-hybridized carbons (Fsp3) is 0.200. The second-order valence-corrected chi connectivity index (χ2v) is 3.27. The SMILES string of the molecule is COc1cccc(CNC(=O)c2nn[nH]n2)c1. The lowest BCUT2D eigenvalue weighted by molar-refractivity contribution is 0.0940. The minimum absolute atomic E-state index is 0.0212. The molecule has 2 N–H and O–H groups in total. The first-order chi connectivity index (χ1) is 8.29. The summed E-state index contributed by atoms with van der Waals surface area (Å²) in [4.78, 5) is 11.5. The van der Waals surface area contributed by atoms with Gasteiger partial charge in [-0.25, -0.2) is 0 Å². The van der Waals surface area contributed by atoms with Crippen LogP contribution in [0.15, 0.2) is 24.3 Å². The highest BCUT2D eigenvalue weighted by Gasteiger charge is 2.09. The predicted octanol–water partition coefficient (Wildman–Crippen LogP) is 0.138. The van der Waals surface area contributed by atoms with E-state index < -0.39 is 0 Å². The first-order valence-corrected chi connectivity index (χ1v) is 4.94. The summed E-state index contributed by atoms with van der Waals surface area (Å²) in [7, 11) is 1.59. The van der Waals surface area contributed by atoms with Crippen molar-refractivity contribution in [3.8, 4) is 5.75 Å². The first kappa shape index (κ1) is 11.1. The highest BCUT2D eigenvalue weighted by molar-refractivity contribution is 5.89. The Morgan fingerprint density at radius 2 is 2.41 bits per heavy atom. The third kappa shape index (κ3) is 2.77. The van der Waals surface area contributed by atoms with Crippen LogP contribution >= 0.6 is 0 Å². The molecule has 0 fully saturated rings. The molecule has 17 heavy (non-hydrogen) atoms. The van der Waals surface area contributed by atoms with Gasteiger partial charge in [0, 0.05) is 6.54 Å². The topological polar surface area (TPSA) is 92.8 Å². The second kappa shape index (κ2) is 5.06. The molecule has 0 bridgehead atoms. The number of carbonyl (C=O) groups excluding carboxylic acids is 1. The number of aromatic amines is 1. The van der Waals surface area contributed by atoms with Crippen LogP contribution in [0.25, 0.3) is 0 Å². The van der Waals surface area contributed by atoms with Crippen molar-refractivity contribution in [2.24, 2.45) is 0 Å². The molecule has 0 saturated heterocycles. The first-order valence-electron chi connectivity index (χ1n) is 4.94. The van der Waals surface area contributed by atoms with Gasteiger partial charge >= 0.3 is 0 Å². The van der Waals surface area contributed by atoms with Crippen LogP contribution in [0, 0.1) is 0 Å². The smallest absolute Gasteiger partial charge is 0.293 e. The van der Waals surface area contributed by atoms with E-state index in [2.05, 4.69) is 25.9 Å². The average Bonchev–Trinajstić information content (AvgIpc) is 2.90. The number of aromatic nitrogens is 4. The second-order valence-electron chi connectivity index (χ2n) is 3.27. The van der Waals surface area contributed by atoms with E-state index in [-0.39, 0.29) is 11.7 Å². The van der Waals surface area contributed by atoms with Crippen molar-refractivity contribution >= 4 is 5.91 Å². The Balaban J connectivity index is 1.95. The molecule has 1 heterocycles. The fourth-order valence-corrected chi connectivity index (χ4v) is 1.30. The molecule has 0 aliphatic heterocycles. The summed E-state index contributed by atoms with van der Waals surface area (Å²) < 4.78 is 5.08. The highest BCUT2D eigenvalue weighted by atomic mass is 16.5. The fourth-order valence-electron chi connectivity index (χ4n) is 1.30. The van der Waals surface area contributed by atoms with Crippen molar-refractivity contribution < 1.29 is 9.53 Å². The van der Waals surface area contributed by atoms with Crippen LogP contribution in [-0.4, -0.2) is 33.6 Å². The van der Waals surface area contributed by atoms with Gasteiger partial charge in [-0.15, -0.1) is 10.2 Å². The van der Waals surface area contributed by atoms with Crippen LogP contribution in [0.2, 0.25) is 0 Å². The van der Waals surface area contributed by atoms with Crippen LogP contribution < -0.4 is 10.1 Å². The monoisotopic (exact) mass is 233 g/mol. The number of H-pyrrole nitrogens is 1. The molecule has 2 aromatic rings. The largest absolute Gasteiger partial charge is 0.497 e. The van der Waals surface area contributed by atoms with Crippen molar-refractivity contribution in [2.75, 3.05) is 7.11 Å². The summed E-state index contributed by atoms with van der Waals surface area (Å²) in [5, 5.41) is 15.4. The van der Waals surface area contributed by atoms with E-state index >= 15 is 0 Å². The molecule has 7 heteroatoms. The molecule has 0 radical (unpaired) electrons. The molecule has 0 unspecified atom stereocenters.